The minimum Gasteiger partial charge on any atom is -0.362 e. The van der Waals surface area contributed by atoms with Gasteiger partial charge in [0, 0.05) is 58.1 Å². The largest absolute Gasteiger partial charge is 0.362 e. The maximum absolute atomic E-state index is 4.43. The number of fused-ring (bicyclic) bond motifs is 1. The van der Waals surface area contributed by atoms with E-state index in [1.165, 1.54) is 16.8 Å². The quantitative estimate of drug-likeness (QED) is 0.845. The zero-order valence-corrected chi connectivity index (χ0v) is 12.0. The molecule has 0 radical (unpaired) electrons. The molecule has 2 aromatic rings. The Bertz CT molecular complexity index is 582. The highest BCUT2D eigenvalue weighted by Crippen LogP contribution is 2.25. The van der Waals surface area contributed by atoms with E-state index in [-0.39, 0.29) is 0 Å². The predicted octanol–water partition coefficient (Wildman–Crippen LogP) is 1.50. The van der Waals surface area contributed by atoms with Gasteiger partial charge in [-0.05, 0) is 11.6 Å². The highest BCUT2D eigenvalue weighted by atomic mass is 15.2. The molecule has 0 aliphatic carbocycles. The van der Waals surface area contributed by atoms with Crippen LogP contribution in [0.2, 0.25) is 0 Å². The Labute approximate surface area is 119 Å². The highest BCUT2D eigenvalue weighted by Gasteiger charge is 2.21. The lowest BCUT2D eigenvalue weighted by molar-refractivity contribution is 0.243. The van der Waals surface area contributed by atoms with E-state index >= 15 is 0 Å². The Hall–Kier alpha value is -2.01. The van der Waals surface area contributed by atoms with Crippen LogP contribution in [0.4, 0.5) is 5.82 Å². The van der Waals surface area contributed by atoms with E-state index < -0.39 is 0 Å². The second-order valence-electron chi connectivity index (χ2n) is 5.34. The van der Waals surface area contributed by atoms with Gasteiger partial charge in [-0.1, -0.05) is 6.07 Å². The van der Waals surface area contributed by atoms with Crippen LogP contribution in [-0.4, -0.2) is 40.5 Å². The van der Waals surface area contributed by atoms with Crippen molar-refractivity contribution < 1.29 is 0 Å². The predicted molar refractivity (Wildman–Crippen MR) is 78.4 cm³/mol. The Kier molecular flexibility index (Phi) is 3.60. The Balaban J connectivity index is 1.81. The first-order valence-corrected chi connectivity index (χ1v) is 6.85. The zero-order chi connectivity index (χ0) is 13.9. The van der Waals surface area contributed by atoms with Crippen molar-refractivity contribution >= 4 is 5.82 Å². The van der Waals surface area contributed by atoms with E-state index in [1.54, 1.807) is 6.33 Å². The molecule has 5 heteroatoms. The minimum atomic E-state index is 0.901. The van der Waals surface area contributed by atoms with Crippen molar-refractivity contribution in [1.82, 2.24) is 19.9 Å². The third-order valence-corrected chi connectivity index (χ3v) is 3.61. The third kappa shape index (κ3) is 2.63. The van der Waals surface area contributed by atoms with Gasteiger partial charge in [0.05, 0.1) is 5.69 Å². The van der Waals surface area contributed by atoms with Crippen LogP contribution in [0.25, 0.3) is 0 Å². The average molecular weight is 269 g/mol. The molecule has 0 fully saturated rings. The van der Waals surface area contributed by atoms with Crippen LogP contribution in [0.5, 0.6) is 0 Å². The molecule has 0 atom stereocenters. The van der Waals surface area contributed by atoms with Crippen LogP contribution in [-0.2, 0) is 19.5 Å². The molecule has 0 unspecified atom stereocenters. The highest BCUT2D eigenvalue weighted by molar-refractivity contribution is 5.48. The second kappa shape index (κ2) is 5.54. The van der Waals surface area contributed by atoms with E-state index in [4.69, 9.17) is 0 Å². The van der Waals surface area contributed by atoms with E-state index in [0.717, 1.165) is 31.9 Å². The van der Waals surface area contributed by atoms with Crippen LogP contribution in [0, 0.1) is 0 Å². The van der Waals surface area contributed by atoms with Crippen molar-refractivity contribution in [3.05, 3.63) is 47.7 Å². The van der Waals surface area contributed by atoms with Gasteiger partial charge in [0.15, 0.2) is 0 Å². The summed E-state index contributed by atoms with van der Waals surface area (Å²) in [6.45, 7) is 2.86. The van der Waals surface area contributed by atoms with Crippen LogP contribution < -0.4 is 4.90 Å². The lowest BCUT2D eigenvalue weighted by atomic mass is 10.1. The fourth-order valence-electron chi connectivity index (χ4n) is 2.65. The summed E-state index contributed by atoms with van der Waals surface area (Å²) in [5.74, 6) is 1.03. The summed E-state index contributed by atoms with van der Waals surface area (Å²) >= 11 is 0. The SMILES string of the molecule is CN(C)c1ncnc2c1CN(Cc1cccnc1)CC2. The maximum atomic E-state index is 4.43. The molecule has 0 saturated carbocycles. The normalized spacial score (nSPS) is 14.9. The van der Waals surface area contributed by atoms with Gasteiger partial charge >= 0.3 is 0 Å². The molecule has 1 aliphatic rings. The van der Waals surface area contributed by atoms with Gasteiger partial charge in [-0.25, -0.2) is 9.97 Å². The first-order chi connectivity index (χ1) is 9.74. The molecule has 0 aromatic carbocycles. The molecule has 1 aliphatic heterocycles. The van der Waals surface area contributed by atoms with E-state index in [1.807, 2.05) is 32.6 Å². The maximum Gasteiger partial charge on any atom is 0.136 e. The van der Waals surface area contributed by atoms with Gasteiger partial charge in [0.2, 0.25) is 0 Å². The van der Waals surface area contributed by atoms with Gasteiger partial charge in [-0.2, -0.15) is 0 Å². The van der Waals surface area contributed by atoms with E-state index in [2.05, 4.69) is 30.8 Å². The summed E-state index contributed by atoms with van der Waals surface area (Å²) in [7, 11) is 4.06. The average Bonchev–Trinajstić information content (AvgIpc) is 2.47. The van der Waals surface area contributed by atoms with Crippen molar-refractivity contribution in [3.63, 3.8) is 0 Å². The van der Waals surface area contributed by atoms with Gasteiger partial charge in [-0.15, -0.1) is 0 Å². The summed E-state index contributed by atoms with van der Waals surface area (Å²) in [6, 6.07) is 4.11. The molecule has 104 valence electrons. The van der Waals surface area contributed by atoms with E-state index in [0.29, 0.717) is 0 Å². The van der Waals surface area contributed by atoms with Gasteiger partial charge in [0.25, 0.3) is 0 Å². The molecular formula is C15H19N5. The fraction of sp³-hybridized carbons (Fsp3) is 0.400. The lowest BCUT2D eigenvalue weighted by Crippen LogP contribution is -2.32. The first-order valence-electron chi connectivity index (χ1n) is 6.85. The number of anilines is 1. The van der Waals surface area contributed by atoms with Crippen LogP contribution >= 0.6 is 0 Å². The molecule has 0 bridgehead atoms. The Morgan fingerprint density at radius 1 is 1.30 bits per heavy atom. The fourth-order valence-corrected chi connectivity index (χ4v) is 2.65. The van der Waals surface area contributed by atoms with Gasteiger partial charge in [-0.3, -0.25) is 9.88 Å². The third-order valence-electron chi connectivity index (χ3n) is 3.61. The topological polar surface area (TPSA) is 45.2 Å². The number of hydrogen-bond donors (Lipinski definition) is 0. The lowest BCUT2D eigenvalue weighted by Gasteiger charge is -2.30. The number of hydrogen-bond acceptors (Lipinski definition) is 5. The number of rotatable bonds is 3. The second-order valence-corrected chi connectivity index (χ2v) is 5.34. The number of pyridine rings is 1. The van der Waals surface area contributed by atoms with Crippen molar-refractivity contribution in [2.75, 3.05) is 25.5 Å². The molecule has 2 aromatic heterocycles. The van der Waals surface area contributed by atoms with Crippen LogP contribution in [0.15, 0.2) is 30.9 Å². The molecule has 0 amide bonds. The van der Waals surface area contributed by atoms with Crippen molar-refractivity contribution in [2.45, 2.75) is 19.5 Å². The van der Waals surface area contributed by atoms with Crippen molar-refractivity contribution in [1.29, 1.82) is 0 Å². The standard InChI is InChI=1S/C15H19N5/c1-19(2)15-13-10-20(7-5-14(13)17-11-18-15)9-12-4-3-6-16-8-12/h3-4,6,8,11H,5,7,9-10H2,1-2H3. The molecule has 0 spiro atoms. The van der Waals surface area contributed by atoms with Crippen LogP contribution in [0.1, 0.15) is 16.8 Å². The smallest absolute Gasteiger partial charge is 0.136 e. The molecule has 0 N–H and O–H groups in total. The molecular weight excluding hydrogens is 250 g/mol. The molecule has 3 heterocycles. The summed E-state index contributed by atoms with van der Waals surface area (Å²) in [4.78, 5) is 17.5. The van der Waals surface area contributed by atoms with E-state index in [9.17, 15) is 0 Å². The molecule has 0 saturated heterocycles. The van der Waals surface area contributed by atoms with Crippen molar-refractivity contribution in [2.24, 2.45) is 0 Å². The summed E-state index contributed by atoms with van der Waals surface area (Å²) in [5, 5.41) is 0. The van der Waals surface area contributed by atoms with Crippen LogP contribution in [0.3, 0.4) is 0 Å². The zero-order valence-electron chi connectivity index (χ0n) is 12.0. The molecule has 20 heavy (non-hydrogen) atoms. The minimum absolute atomic E-state index is 0.901. The molecule has 5 nitrogen and oxygen atoms in total. The van der Waals surface area contributed by atoms with Gasteiger partial charge < -0.3 is 4.90 Å². The summed E-state index contributed by atoms with van der Waals surface area (Å²) in [5.41, 5.74) is 3.69. The first kappa shape index (κ1) is 13.0. The summed E-state index contributed by atoms with van der Waals surface area (Å²) < 4.78 is 0. The number of aromatic nitrogens is 3. The monoisotopic (exact) mass is 269 g/mol. The Morgan fingerprint density at radius 3 is 2.95 bits per heavy atom. The molecule has 3 rings (SSSR count). The van der Waals surface area contributed by atoms with Gasteiger partial charge in [0.1, 0.15) is 12.1 Å². The van der Waals surface area contributed by atoms with Crippen molar-refractivity contribution in [3.8, 4) is 0 Å². The summed E-state index contributed by atoms with van der Waals surface area (Å²) in [6.07, 6.45) is 6.40. The number of nitrogens with zero attached hydrogens (tertiary/aromatic N) is 5. The Morgan fingerprint density at radius 2 is 2.20 bits per heavy atom.